The van der Waals surface area contributed by atoms with Gasteiger partial charge in [0.2, 0.25) is 0 Å². The fourth-order valence-corrected chi connectivity index (χ4v) is 1.97. The third-order valence-corrected chi connectivity index (χ3v) is 3.47. The number of benzene rings is 1. The molecule has 1 aromatic carbocycles. The summed E-state index contributed by atoms with van der Waals surface area (Å²) in [7, 11) is 0. The Kier molecular flexibility index (Phi) is 4.74. The van der Waals surface area contributed by atoms with Crippen LogP contribution in [0.25, 0.3) is 0 Å². The molecule has 0 bridgehead atoms. The topological polar surface area (TPSA) is 63.4 Å². The summed E-state index contributed by atoms with van der Waals surface area (Å²) in [6.45, 7) is 3.53. The van der Waals surface area contributed by atoms with Gasteiger partial charge in [-0.2, -0.15) is 0 Å². The normalized spacial score (nSPS) is 14.4. The highest BCUT2D eigenvalue weighted by atomic mass is 35.5. The molecule has 0 saturated carbocycles. The van der Waals surface area contributed by atoms with E-state index in [1.54, 1.807) is 6.92 Å². The van der Waals surface area contributed by atoms with Gasteiger partial charge in [-0.05, 0) is 12.5 Å². The number of nitro groups is 1. The lowest BCUT2D eigenvalue weighted by Gasteiger charge is -2.18. The Morgan fingerprint density at radius 3 is 2.41 bits per heavy atom. The van der Waals surface area contributed by atoms with Gasteiger partial charge in [0, 0.05) is 17.5 Å². The lowest BCUT2D eigenvalue weighted by Crippen LogP contribution is -2.15. The van der Waals surface area contributed by atoms with Gasteiger partial charge >= 0.3 is 0 Å². The fourth-order valence-electron chi connectivity index (χ4n) is 1.64. The van der Waals surface area contributed by atoms with Crippen LogP contribution in [0.5, 0.6) is 0 Å². The molecule has 6 heteroatoms. The summed E-state index contributed by atoms with van der Waals surface area (Å²) in [6, 6.07) is 2.67. The lowest BCUT2D eigenvalue weighted by molar-refractivity contribution is -0.385. The van der Waals surface area contributed by atoms with Crippen molar-refractivity contribution in [3.05, 3.63) is 37.9 Å². The molecule has 17 heavy (non-hydrogen) atoms. The number of rotatable bonds is 4. The van der Waals surface area contributed by atoms with Gasteiger partial charge in [0.15, 0.2) is 0 Å². The largest absolute Gasteiger partial charge is 0.393 e. The summed E-state index contributed by atoms with van der Waals surface area (Å²) in [6.07, 6.45) is -0.135. The van der Waals surface area contributed by atoms with Crippen LogP contribution in [-0.2, 0) is 0 Å². The first-order valence-electron chi connectivity index (χ1n) is 5.19. The van der Waals surface area contributed by atoms with E-state index in [0.29, 0.717) is 12.0 Å². The average molecular weight is 278 g/mol. The van der Waals surface area contributed by atoms with Crippen molar-refractivity contribution in [3.8, 4) is 0 Å². The van der Waals surface area contributed by atoms with Crippen molar-refractivity contribution < 1.29 is 10.0 Å². The quantitative estimate of drug-likeness (QED) is 0.673. The zero-order valence-electron chi connectivity index (χ0n) is 9.48. The van der Waals surface area contributed by atoms with Crippen molar-refractivity contribution in [2.24, 2.45) is 0 Å². The summed E-state index contributed by atoms with van der Waals surface area (Å²) in [5.74, 6) is -0.366. The molecule has 0 heterocycles. The molecule has 0 aliphatic heterocycles. The van der Waals surface area contributed by atoms with Gasteiger partial charge in [0.05, 0.1) is 21.1 Å². The summed E-state index contributed by atoms with van der Waals surface area (Å²) >= 11 is 11.6. The van der Waals surface area contributed by atoms with E-state index in [1.807, 2.05) is 6.92 Å². The summed E-state index contributed by atoms with van der Waals surface area (Å²) < 4.78 is 0. The third-order valence-electron chi connectivity index (χ3n) is 2.75. The van der Waals surface area contributed by atoms with Crippen LogP contribution in [0.3, 0.4) is 0 Å². The number of nitro benzene ring substituents is 1. The highest BCUT2D eigenvalue weighted by Gasteiger charge is 2.25. The van der Waals surface area contributed by atoms with Gasteiger partial charge < -0.3 is 5.11 Å². The van der Waals surface area contributed by atoms with Crippen molar-refractivity contribution in [2.45, 2.75) is 32.3 Å². The van der Waals surface area contributed by atoms with Crippen molar-refractivity contribution >= 4 is 28.9 Å². The van der Waals surface area contributed by atoms with Crippen LogP contribution in [0, 0.1) is 10.1 Å². The monoisotopic (exact) mass is 277 g/mol. The molecule has 1 aromatic rings. The van der Waals surface area contributed by atoms with E-state index in [2.05, 4.69) is 0 Å². The second-order valence-electron chi connectivity index (χ2n) is 3.85. The first kappa shape index (κ1) is 14.2. The minimum Gasteiger partial charge on any atom is -0.393 e. The van der Waals surface area contributed by atoms with Gasteiger partial charge in [-0.1, -0.05) is 37.0 Å². The van der Waals surface area contributed by atoms with Gasteiger partial charge in [0.1, 0.15) is 0 Å². The van der Waals surface area contributed by atoms with E-state index in [-0.39, 0.29) is 21.7 Å². The van der Waals surface area contributed by atoms with Gasteiger partial charge in [-0.3, -0.25) is 10.1 Å². The van der Waals surface area contributed by atoms with Gasteiger partial charge in [-0.15, -0.1) is 0 Å². The molecule has 0 aliphatic rings. The van der Waals surface area contributed by atoms with Crippen LogP contribution in [0.1, 0.15) is 31.7 Å². The number of aliphatic hydroxyl groups is 1. The number of hydrogen-bond acceptors (Lipinski definition) is 3. The predicted molar refractivity (Wildman–Crippen MR) is 67.8 cm³/mol. The lowest BCUT2D eigenvalue weighted by atomic mass is 9.92. The average Bonchev–Trinajstić information content (AvgIpc) is 2.29. The zero-order chi connectivity index (χ0) is 13.2. The molecule has 4 nitrogen and oxygen atoms in total. The molecular formula is C11H13Cl2NO3. The molecule has 0 amide bonds. The minimum absolute atomic E-state index is 0.112. The number of aliphatic hydroxyl groups excluding tert-OH is 1. The maximum absolute atomic E-state index is 10.9. The highest BCUT2D eigenvalue weighted by Crippen LogP contribution is 2.36. The Balaban J connectivity index is 3.30. The van der Waals surface area contributed by atoms with Gasteiger partial charge in [0.25, 0.3) is 5.69 Å². The van der Waals surface area contributed by atoms with Crippen molar-refractivity contribution in [1.82, 2.24) is 0 Å². The molecule has 0 aliphatic carbocycles. The van der Waals surface area contributed by atoms with Crippen molar-refractivity contribution in [1.29, 1.82) is 0 Å². The first-order chi connectivity index (χ1) is 7.88. The first-order valence-corrected chi connectivity index (χ1v) is 5.95. The number of halogens is 2. The summed E-state index contributed by atoms with van der Waals surface area (Å²) in [5, 5.41) is 21.1. The third kappa shape index (κ3) is 3.09. The SMILES string of the molecule is CCC(O)C(C)c1cc(Cl)c(Cl)cc1[N+](=O)[O-]. The molecule has 1 rings (SSSR count). The molecule has 2 unspecified atom stereocenters. The van der Waals surface area contributed by atoms with E-state index in [0.717, 1.165) is 0 Å². The second-order valence-corrected chi connectivity index (χ2v) is 4.66. The van der Waals surface area contributed by atoms with E-state index in [4.69, 9.17) is 23.2 Å². The maximum atomic E-state index is 10.9. The van der Waals surface area contributed by atoms with Crippen LogP contribution in [0.4, 0.5) is 5.69 Å². The summed E-state index contributed by atoms with van der Waals surface area (Å²) in [4.78, 5) is 10.4. The minimum atomic E-state index is -0.647. The molecule has 94 valence electrons. The Morgan fingerprint density at radius 1 is 1.41 bits per heavy atom. The Bertz CT molecular complexity index is 437. The number of nitrogens with zero attached hydrogens (tertiary/aromatic N) is 1. The molecule has 0 aromatic heterocycles. The van der Waals surface area contributed by atoms with E-state index in [9.17, 15) is 15.2 Å². The summed E-state index contributed by atoms with van der Waals surface area (Å²) in [5.41, 5.74) is 0.290. The molecule has 0 fully saturated rings. The van der Waals surface area contributed by atoms with E-state index in [1.165, 1.54) is 12.1 Å². The zero-order valence-corrected chi connectivity index (χ0v) is 11.0. The smallest absolute Gasteiger partial charge is 0.274 e. The van der Waals surface area contributed by atoms with Crippen LogP contribution < -0.4 is 0 Å². The van der Waals surface area contributed by atoms with Crippen molar-refractivity contribution in [3.63, 3.8) is 0 Å². The Labute approximate surface area is 109 Å². The standard InChI is InChI=1S/C11H13Cl2NO3/c1-3-11(15)6(2)7-4-8(12)9(13)5-10(7)14(16)17/h4-6,11,15H,3H2,1-2H3. The molecule has 1 N–H and O–H groups in total. The predicted octanol–water partition coefficient (Wildman–Crippen LogP) is 3.78. The maximum Gasteiger partial charge on any atom is 0.274 e. The molecule has 2 atom stereocenters. The van der Waals surface area contributed by atoms with Crippen molar-refractivity contribution in [2.75, 3.05) is 0 Å². The van der Waals surface area contributed by atoms with Crippen LogP contribution >= 0.6 is 23.2 Å². The van der Waals surface area contributed by atoms with Crippen LogP contribution in [0.15, 0.2) is 12.1 Å². The van der Waals surface area contributed by atoms with E-state index >= 15 is 0 Å². The Hall–Kier alpha value is -0.840. The molecular weight excluding hydrogens is 265 g/mol. The number of hydrogen-bond donors (Lipinski definition) is 1. The molecule has 0 radical (unpaired) electrons. The van der Waals surface area contributed by atoms with E-state index < -0.39 is 11.0 Å². The highest BCUT2D eigenvalue weighted by molar-refractivity contribution is 6.42. The second kappa shape index (κ2) is 5.67. The fraction of sp³-hybridized carbons (Fsp3) is 0.455. The Morgan fingerprint density at radius 2 is 1.94 bits per heavy atom. The molecule has 0 spiro atoms. The molecule has 0 saturated heterocycles. The van der Waals surface area contributed by atoms with Gasteiger partial charge in [-0.25, -0.2) is 0 Å². The van der Waals surface area contributed by atoms with Crippen LogP contribution in [0.2, 0.25) is 10.0 Å². The van der Waals surface area contributed by atoms with Crippen LogP contribution in [-0.4, -0.2) is 16.1 Å².